The van der Waals surface area contributed by atoms with Crippen molar-refractivity contribution >= 4 is 0 Å². The van der Waals surface area contributed by atoms with Gasteiger partial charge in [-0.3, -0.25) is 4.90 Å². The van der Waals surface area contributed by atoms with E-state index >= 15 is 0 Å². The Bertz CT molecular complexity index is 2620. The first-order chi connectivity index (χ1) is 33.0. The molecule has 7 nitrogen and oxygen atoms in total. The predicted octanol–water partition coefficient (Wildman–Crippen LogP) is 13.1. The minimum atomic E-state index is -0.692. The summed E-state index contributed by atoms with van der Waals surface area (Å²) in [6.45, 7) is 5.89. The van der Waals surface area contributed by atoms with Crippen molar-refractivity contribution in [2.24, 2.45) is 0 Å². The summed E-state index contributed by atoms with van der Waals surface area (Å²) in [4.78, 5) is 2.37. The third-order valence-corrected chi connectivity index (χ3v) is 11.8. The highest BCUT2D eigenvalue weighted by Gasteiger charge is 2.20. The standard InChI is InChI=1S/C60H59NO6/c1-46(17-18-47-19-29-55(30-20-47)66-44-52-23-33-57(34-24-52)64-42-50-13-7-3-8-14-50)61(39-48-21-31-56(32-22-48)63-41-49-11-5-2-6-12-49)40-60(62)54-27-37-59(38-28-54)67-45-53-25-35-58(36-26-53)65-43-51-15-9-4-10-16-51/h2-16,19-38,46,60,62H,17-18,39-45H2,1H3. The predicted molar refractivity (Wildman–Crippen MR) is 266 cm³/mol. The number of aryl methyl sites for hydroxylation is 1. The van der Waals surface area contributed by atoms with Gasteiger partial charge in [0, 0.05) is 19.1 Å². The van der Waals surface area contributed by atoms with Gasteiger partial charge in [0.1, 0.15) is 61.8 Å². The van der Waals surface area contributed by atoms with Crippen LogP contribution < -0.4 is 23.7 Å². The second-order valence-corrected chi connectivity index (χ2v) is 16.9. The molecule has 0 fully saturated rings. The van der Waals surface area contributed by atoms with Crippen molar-refractivity contribution in [1.82, 2.24) is 4.90 Å². The van der Waals surface area contributed by atoms with E-state index in [0.717, 1.165) is 80.5 Å². The molecular formula is C60H59NO6. The lowest BCUT2D eigenvalue weighted by molar-refractivity contribution is 0.0833. The van der Waals surface area contributed by atoms with Crippen molar-refractivity contribution < 1.29 is 28.8 Å². The van der Waals surface area contributed by atoms with E-state index in [1.807, 2.05) is 152 Å². The Morgan fingerprint density at radius 3 is 1.01 bits per heavy atom. The maximum absolute atomic E-state index is 11.7. The minimum absolute atomic E-state index is 0.178. The fraction of sp³-hybridized carbons (Fsp3) is 0.200. The lowest BCUT2D eigenvalue weighted by Crippen LogP contribution is -2.36. The van der Waals surface area contributed by atoms with Crippen LogP contribution in [0.15, 0.2) is 212 Å². The zero-order valence-electron chi connectivity index (χ0n) is 38.2. The zero-order chi connectivity index (χ0) is 45.9. The normalized spacial score (nSPS) is 12.0. The van der Waals surface area contributed by atoms with E-state index < -0.39 is 6.10 Å². The minimum Gasteiger partial charge on any atom is -0.489 e. The highest BCUT2D eigenvalue weighted by Crippen LogP contribution is 2.25. The van der Waals surface area contributed by atoms with Gasteiger partial charge in [0.2, 0.25) is 0 Å². The summed E-state index contributed by atoms with van der Waals surface area (Å²) < 4.78 is 30.2. The van der Waals surface area contributed by atoms with Crippen LogP contribution in [0.2, 0.25) is 0 Å². The van der Waals surface area contributed by atoms with Gasteiger partial charge in [0.25, 0.3) is 0 Å². The van der Waals surface area contributed by atoms with Crippen LogP contribution in [0.4, 0.5) is 0 Å². The molecule has 0 aliphatic carbocycles. The van der Waals surface area contributed by atoms with Gasteiger partial charge in [-0.2, -0.15) is 0 Å². The molecule has 340 valence electrons. The molecule has 1 N–H and O–H groups in total. The molecule has 0 aromatic heterocycles. The summed E-state index contributed by atoms with van der Waals surface area (Å²) in [5.41, 5.74) is 8.76. The fourth-order valence-electron chi connectivity index (χ4n) is 7.67. The molecular weight excluding hydrogens is 831 g/mol. The van der Waals surface area contributed by atoms with Crippen LogP contribution in [-0.2, 0) is 46.0 Å². The average Bonchev–Trinajstić information content (AvgIpc) is 3.39. The second-order valence-electron chi connectivity index (χ2n) is 16.9. The Hall–Kier alpha value is -7.32. The van der Waals surface area contributed by atoms with Crippen LogP contribution in [0.1, 0.15) is 64.0 Å². The number of rotatable bonds is 24. The summed E-state index contributed by atoms with van der Waals surface area (Å²) in [6, 6.07) is 71.2. The van der Waals surface area contributed by atoms with E-state index in [-0.39, 0.29) is 6.04 Å². The Kier molecular flexibility index (Phi) is 16.7. The van der Waals surface area contributed by atoms with Gasteiger partial charge in [0.05, 0.1) is 6.10 Å². The van der Waals surface area contributed by atoms with Crippen LogP contribution in [0.25, 0.3) is 0 Å². The molecule has 7 heteroatoms. The van der Waals surface area contributed by atoms with Crippen LogP contribution in [0.3, 0.4) is 0 Å². The van der Waals surface area contributed by atoms with Gasteiger partial charge in [-0.1, -0.05) is 152 Å². The number of ether oxygens (including phenoxy) is 5. The van der Waals surface area contributed by atoms with Crippen LogP contribution in [0.5, 0.6) is 28.7 Å². The summed E-state index contributed by atoms with van der Waals surface area (Å²) in [5.74, 6) is 4.06. The van der Waals surface area contributed by atoms with Crippen molar-refractivity contribution in [1.29, 1.82) is 0 Å². The molecule has 0 aliphatic rings. The SMILES string of the molecule is CC(CCc1ccc(OCc2ccc(OCc3ccccc3)cc2)cc1)N(Cc1ccc(OCc2ccccc2)cc1)CC(O)c1ccc(OCc2ccc(OCc3ccccc3)cc2)cc1. The maximum Gasteiger partial charge on any atom is 0.119 e. The van der Waals surface area contributed by atoms with E-state index in [9.17, 15) is 5.11 Å². The Balaban J connectivity index is 0.838. The summed E-state index contributed by atoms with van der Waals surface area (Å²) in [7, 11) is 0. The molecule has 0 bridgehead atoms. The molecule has 0 saturated carbocycles. The van der Waals surface area contributed by atoms with Gasteiger partial charge in [-0.05, 0) is 125 Å². The molecule has 0 saturated heterocycles. The van der Waals surface area contributed by atoms with E-state index in [4.69, 9.17) is 23.7 Å². The third kappa shape index (κ3) is 14.8. The van der Waals surface area contributed by atoms with Crippen molar-refractivity contribution in [3.05, 3.63) is 257 Å². The molecule has 2 unspecified atom stereocenters. The highest BCUT2D eigenvalue weighted by atomic mass is 16.5. The summed E-state index contributed by atoms with van der Waals surface area (Å²) in [5, 5.41) is 11.7. The van der Waals surface area contributed by atoms with E-state index in [1.54, 1.807) is 0 Å². The largest absolute Gasteiger partial charge is 0.489 e. The second kappa shape index (κ2) is 24.3. The van der Waals surface area contributed by atoms with Crippen LogP contribution in [0, 0.1) is 0 Å². The smallest absolute Gasteiger partial charge is 0.119 e. The molecule has 0 amide bonds. The number of aliphatic hydroxyl groups is 1. The van der Waals surface area contributed by atoms with Crippen molar-refractivity contribution in [2.75, 3.05) is 6.54 Å². The van der Waals surface area contributed by atoms with Gasteiger partial charge in [0.15, 0.2) is 0 Å². The summed E-state index contributed by atoms with van der Waals surface area (Å²) in [6.07, 6.45) is 1.11. The molecule has 8 aromatic carbocycles. The molecule has 2 atom stereocenters. The van der Waals surface area contributed by atoms with Crippen LogP contribution >= 0.6 is 0 Å². The van der Waals surface area contributed by atoms with Crippen LogP contribution in [-0.4, -0.2) is 22.6 Å². The van der Waals surface area contributed by atoms with Crippen molar-refractivity contribution in [3.63, 3.8) is 0 Å². The monoisotopic (exact) mass is 889 g/mol. The quantitative estimate of drug-likeness (QED) is 0.0648. The van der Waals surface area contributed by atoms with Crippen molar-refractivity contribution in [2.45, 2.75) is 71.5 Å². The first-order valence-electron chi connectivity index (χ1n) is 23.1. The first-order valence-corrected chi connectivity index (χ1v) is 23.1. The number of benzene rings is 8. The maximum atomic E-state index is 11.7. The Labute approximate surface area is 395 Å². The van der Waals surface area contributed by atoms with Gasteiger partial charge in [-0.15, -0.1) is 0 Å². The molecule has 0 heterocycles. The number of aliphatic hydroxyl groups excluding tert-OH is 1. The van der Waals surface area contributed by atoms with Gasteiger partial charge < -0.3 is 28.8 Å². The zero-order valence-corrected chi connectivity index (χ0v) is 38.2. The van der Waals surface area contributed by atoms with E-state index in [1.165, 1.54) is 5.56 Å². The average molecular weight is 890 g/mol. The Morgan fingerprint density at radius 2 is 0.657 bits per heavy atom. The third-order valence-electron chi connectivity index (χ3n) is 11.8. The number of nitrogens with zero attached hydrogens (tertiary/aromatic N) is 1. The molecule has 0 radical (unpaired) electrons. The van der Waals surface area contributed by atoms with E-state index in [0.29, 0.717) is 46.1 Å². The summed E-state index contributed by atoms with van der Waals surface area (Å²) >= 11 is 0. The number of hydrogen-bond donors (Lipinski definition) is 1. The van der Waals surface area contributed by atoms with Gasteiger partial charge >= 0.3 is 0 Å². The highest BCUT2D eigenvalue weighted by molar-refractivity contribution is 5.33. The number of hydrogen-bond acceptors (Lipinski definition) is 7. The van der Waals surface area contributed by atoms with E-state index in [2.05, 4.69) is 72.5 Å². The van der Waals surface area contributed by atoms with Crippen molar-refractivity contribution in [3.8, 4) is 28.7 Å². The molecule has 8 aromatic rings. The lowest BCUT2D eigenvalue weighted by atomic mass is 10.0. The molecule has 0 spiro atoms. The molecule has 67 heavy (non-hydrogen) atoms. The molecule has 8 rings (SSSR count). The molecule has 0 aliphatic heterocycles. The lowest BCUT2D eigenvalue weighted by Gasteiger charge is -2.31. The fourth-order valence-corrected chi connectivity index (χ4v) is 7.67. The van der Waals surface area contributed by atoms with Gasteiger partial charge in [-0.25, -0.2) is 0 Å². The first kappa shape index (κ1) is 46.2. The Morgan fingerprint density at radius 1 is 0.358 bits per heavy atom. The topological polar surface area (TPSA) is 69.6 Å².